The number of benzene rings is 1. The number of methoxy groups -OCH3 is 1. The predicted molar refractivity (Wildman–Crippen MR) is 120 cm³/mol. The van der Waals surface area contributed by atoms with Gasteiger partial charge < -0.3 is 20.1 Å². The monoisotopic (exact) mass is 471 g/mol. The number of rotatable bonds is 7. The van der Waals surface area contributed by atoms with E-state index in [-0.39, 0.29) is 27.9 Å². The molecule has 0 spiro atoms. The zero-order valence-electron chi connectivity index (χ0n) is 16.8. The molecule has 0 fully saturated rings. The molecule has 0 amide bonds. The Balaban J connectivity index is 2.71. The molecule has 1 aliphatic heterocycles. The number of hydrogen-bond donors (Lipinski definition) is 2. The van der Waals surface area contributed by atoms with E-state index in [1.807, 2.05) is 0 Å². The van der Waals surface area contributed by atoms with Gasteiger partial charge in [0, 0.05) is 24.7 Å². The Bertz CT molecular complexity index is 917. The number of nitrogens with two attached hydrogens (primary N) is 1. The van der Waals surface area contributed by atoms with Gasteiger partial charge in [-0.2, -0.15) is 0 Å². The van der Waals surface area contributed by atoms with Gasteiger partial charge in [-0.25, -0.2) is 9.59 Å². The Morgan fingerprint density at radius 2 is 2.00 bits per heavy atom. The molecule has 0 aromatic heterocycles. The van der Waals surface area contributed by atoms with E-state index < -0.39 is 17.9 Å². The van der Waals surface area contributed by atoms with Crippen molar-refractivity contribution in [2.75, 3.05) is 26.5 Å². The van der Waals surface area contributed by atoms with Crippen LogP contribution in [0.3, 0.4) is 0 Å². The summed E-state index contributed by atoms with van der Waals surface area (Å²) in [7, 11) is 3.00. The molecule has 0 saturated carbocycles. The average Bonchev–Trinajstić information content (AvgIpc) is 2.70. The molecule has 10 heteroatoms. The minimum Gasteiger partial charge on any atom is -0.466 e. The van der Waals surface area contributed by atoms with Crippen molar-refractivity contribution in [1.29, 1.82) is 5.41 Å². The number of esters is 2. The lowest BCUT2D eigenvalue weighted by molar-refractivity contribution is -0.139. The molecule has 1 heterocycles. The van der Waals surface area contributed by atoms with E-state index in [9.17, 15) is 9.59 Å². The smallest absolute Gasteiger partial charge is 0.336 e. The van der Waals surface area contributed by atoms with E-state index in [0.29, 0.717) is 28.5 Å². The van der Waals surface area contributed by atoms with Crippen molar-refractivity contribution in [3.05, 3.63) is 56.9 Å². The van der Waals surface area contributed by atoms with Crippen LogP contribution in [0.5, 0.6) is 0 Å². The quantitative estimate of drug-likeness (QED) is 0.352. The largest absolute Gasteiger partial charge is 0.466 e. The summed E-state index contributed by atoms with van der Waals surface area (Å²) in [5, 5.41) is 7.93. The minimum absolute atomic E-state index is 0.0213. The van der Waals surface area contributed by atoms with Gasteiger partial charge in [-0.3, -0.25) is 5.41 Å². The first-order valence-electron chi connectivity index (χ1n) is 9.06. The molecular weight excluding hydrogens is 449 g/mol. The molecule has 0 bridgehead atoms. The lowest BCUT2D eigenvalue weighted by Gasteiger charge is -2.34. The summed E-state index contributed by atoms with van der Waals surface area (Å²) in [5.41, 5.74) is 7.07. The highest BCUT2D eigenvalue weighted by molar-refractivity contribution is 8.13. The summed E-state index contributed by atoms with van der Waals surface area (Å²) in [6.07, 6.45) is 2.03. The number of thioether (sulfide) groups is 1. The van der Waals surface area contributed by atoms with Crippen LogP contribution in [0, 0.1) is 5.41 Å². The maximum atomic E-state index is 13.1. The predicted octanol–water partition coefficient (Wildman–Crippen LogP) is 3.91. The standard InChI is InChI=1S/C20H23Cl2N3O4S/c1-4-29-19(27)16-14(8-9-30-20(23)24)25(2)10-12(18(26)28-3)15(16)11-6-5-7-13(21)17(11)22/h5-7,10,15H,4,8-9H2,1-3H3,(H3,23,24). The maximum Gasteiger partial charge on any atom is 0.336 e. The van der Waals surface area contributed by atoms with Crippen molar-refractivity contribution in [2.45, 2.75) is 19.3 Å². The van der Waals surface area contributed by atoms with Crippen LogP contribution >= 0.6 is 35.0 Å². The molecule has 1 atom stereocenters. The number of halogens is 2. The molecule has 0 saturated heterocycles. The number of ether oxygens (including phenoxy) is 2. The van der Waals surface area contributed by atoms with E-state index >= 15 is 0 Å². The fourth-order valence-electron chi connectivity index (χ4n) is 3.24. The number of allylic oxidation sites excluding steroid dienone is 1. The summed E-state index contributed by atoms with van der Waals surface area (Å²) < 4.78 is 10.3. The molecule has 2 rings (SSSR count). The molecule has 3 N–H and O–H groups in total. The first-order valence-corrected chi connectivity index (χ1v) is 10.8. The number of carbonyl (C=O) groups excluding carboxylic acids is 2. The van der Waals surface area contributed by atoms with Crippen LogP contribution in [0.1, 0.15) is 24.8 Å². The molecule has 7 nitrogen and oxygen atoms in total. The third kappa shape index (κ3) is 5.30. The van der Waals surface area contributed by atoms with Gasteiger partial charge in [0.1, 0.15) is 0 Å². The van der Waals surface area contributed by atoms with Gasteiger partial charge in [0.2, 0.25) is 0 Å². The molecular formula is C20H23Cl2N3O4S. The molecule has 162 valence electrons. The van der Waals surface area contributed by atoms with Crippen molar-refractivity contribution in [3.63, 3.8) is 0 Å². The zero-order valence-corrected chi connectivity index (χ0v) is 19.2. The molecule has 0 aliphatic carbocycles. The van der Waals surface area contributed by atoms with E-state index in [2.05, 4.69) is 0 Å². The fraction of sp³-hybridized carbons (Fsp3) is 0.350. The molecule has 30 heavy (non-hydrogen) atoms. The Morgan fingerprint density at radius 1 is 1.30 bits per heavy atom. The fourth-order valence-corrected chi connectivity index (χ4v) is 4.17. The second-order valence-corrected chi connectivity index (χ2v) is 8.23. The first-order chi connectivity index (χ1) is 14.2. The van der Waals surface area contributed by atoms with E-state index in [1.165, 1.54) is 7.11 Å². The molecule has 1 unspecified atom stereocenters. The van der Waals surface area contributed by atoms with Gasteiger partial charge in [0.25, 0.3) is 0 Å². The Hall–Kier alpha value is -2.16. The van der Waals surface area contributed by atoms with E-state index in [1.54, 1.807) is 43.3 Å². The van der Waals surface area contributed by atoms with Crippen LogP contribution in [-0.2, 0) is 19.1 Å². The molecule has 0 radical (unpaired) electrons. The second-order valence-electron chi connectivity index (χ2n) is 6.31. The Kier molecular flexibility index (Phi) is 8.64. The molecule has 1 aromatic carbocycles. The number of carbonyl (C=O) groups is 2. The Morgan fingerprint density at radius 3 is 2.60 bits per heavy atom. The van der Waals surface area contributed by atoms with Crippen molar-refractivity contribution in [2.24, 2.45) is 5.73 Å². The number of hydrogen-bond acceptors (Lipinski definition) is 7. The normalized spacial score (nSPS) is 16.2. The second kappa shape index (κ2) is 10.7. The van der Waals surface area contributed by atoms with Gasteiger partial charge in [-0.1, -0.05) is 47.1 Å². The van der Waals surface area contributed by atoms with Crippen molar-refractivity contribution < 1.29 is 19.1 Å². The van der Waals surface area contributed by atoms with Crippen LogP contribution in [0.15, 0.2) is 41.2 Å². The highest BCUT2D eigenvalue weighted by atomic mass is 35.5. The summed E-state index contributed by atoms with van der Waals surface area (Å²) in [5.74, 6) is -1.52. The highest BCUT2D eigenvalue weighted by Gasteiger charge is 2.39. The van der Waals surface area contributed by atoms with E-state index in [0.717, 1.165) is 11.8 Å². The average molecular weight is 472 g/mol. The van der Waals surface area contributed by atoms with E-state index in [4.69, 9.17) is 43.8 Å². The van der Waals surface area contributed by atoms with Crippen LogP contribution in [-0.4, -0.2) is 48.5 Å². The number of nitrogens with zero attached hydrogens (tertiary/aromatic N) is 1. The molecule has 1 aromatic rings. The third-order valence-electron chi connectivity index (χ3n) is 4.47. The van der Waals surface area contributed by atoms with Crippen molar-refractivity contribution in [3.8, 4) is 0 Å². The summed E-state index contributed by atoms with van der Waals surface area (Å²) in [6, 6.07) is 5.04. The molecule has 1 aliphatic rings. The van der Waals surface area contributed by atoms with Crippen LogP contribution in [0.4, 0.5) is 0 Å². The third-order valence-corrected chi connectivity index (χ3v) is 6.03. The van der Waals surface area contributed by atoms with Gasteiger partial charge in [0.15, 0.2) is 5.17 Å². The zero-order chi connectivity index (χ0) is 22.4. The topological polar surface area (TPSA) is 106 Å². The van der Waals surface area contributed by atoms with Gasteiger partial charge in [0.05, 0.1) is 40.8 Å². The maximum absolute atomic E-state index is 13.1. The highest BCUT2D eigenvalue weighted by Crippen LogP contribution is 2.44. The number of nitrogens with one attached hydrogen (secondary N) is 1. The van der Waals surface area contributed by atoms with Crippen molar-refractivity contribution >= 4 is 52.1 Å². The summed E-state index contributed by atoms with van der Waals surface area (Å²) in [6.45, 7) is 1.86. The van der Waals surface area contributed by atoms with Crippen molar-refractivity contribution in [1.82, 2.24) is 4.90 Å². The van der Waals surface area contributed by atoms with Gasteiger partial charge >= 0.3 is 11.9 Å². The lowest BCUT2D eigenvalue weighted by atomic mass is 9.81. The summed E-state index contributed by atoms with van der Waals surface area (Å²) in [4.78, 5) is 27.4. The van der Waals surface area contributed by atoms with Gasteiger partial charge in [-0.15, -0.1) is 0 Å². The van der Waals surface area contributed by atoms with Crippen LogP contribution in [0.25, 0.3) is 0 Å². The SMILES string of the molecule is CCOC(=O)C1=C(CCSC(=N)N)N(C)C=C(C(=O)OC)C1c1cccc(Cl)c1Cl. The lowest BCUT2D eigenvalue weighted by Crippen LogP contribution is -2.32. The van der Waals surface area contributed by atoms with Crippen LogP contribution in [0.2, 0.25) is 10.0 Å². The number of amidine groups is 1. The van der Waals surface area contributed by atoms with Gasteiger partial charge in [-0.05, 0) is 25.0 Å². The first kappa shape index (κ1) is 24.1. The van der Waals surface area contributed by atoms with Crippen LogP contribution < -0.4 is 5.73 Å². The summed E-state index contributed by atoms with van der Waals surface area (Å²) >= 11 is 13.8. The Labute approximate surface area is 189 Å². The minimum atomic E-state index is -0.823.